The van der Waals surface area contributed by atoms with Gasteiger partial charge in [-0.2, -0.15) is 20.0 Å². The van der Waals surface area contributed by atoms with Crippen LogP contribution in [0.3, 0.4) is 0 Å². The van der Waals surface area contributed by atoms with Crippen molar-refractivity contribution in [1.82, 2.24) is 0 Å². The fraction of sp³-hybridized carbons (Fsp3) is 0. The van der Waals surface area contributed by atoms with Crippen LogP contribution in [0.5, 0.6) is 0 Å². The Kier molecular flexibility index (Phi) is 4.00. The number of nitro benzene ring substituents is 1. The van der Waals surface area contributed by atoms with E-state index in [2.05, 4.69) is 5.10 Å². The Hall–Kier alpha value is -3.14. The van der Waals surface area contributed by atoms with Crippen LogP contribution >= 0.6 is 0 Å². The third-order valence-corrected chi connectivity index (χ3v) is 1.82. The number of hydrogen-bond donors (Lipinski definition) is 1. The highest BCUT2D eigenvalue weighted by Crippen LogP contribution is 2.32. The van der Waals surface area contributed by atoms with E-state index in [1.807, 2.05) is 0 Å². The van der Waals surface area contributed by atoms with E-state index < -0.39 is 39.5 Å². The van der Waals surface area contributed by atoms with Gasteiger partial charge in [-0.3, -0.25) is 15.5 Å². The van der Waals surface area contributed by atoms with Gasteiger partial charge in [0.25, 0.3) is 0 Å². The fourth-order valence-corrected chi connectivity index (χ4v) is 1.05. The van der Waals surface area contributed by atoms with Gasteiger partial charge in [0, 0.05) is 6.07 Å². The lowest BCUT2D eigenvalue weighted by Crippen LogP contribution is -2.06. The molecular weight excluding hydrogens is 267 g/mol. The number of anilines is 1. The Morgan fingerprint density at radius 1 is 1.32 bits per heavy atom. The average Bonchev–Trinajstić information content (AvgIpc) is 2.35. The molecule has 1 aromatic carbocycles. The molecule has 7 nitrogen and oxygen atoms in total. The Morgan fingerprint density at radius 2 is 1.89 bits per heavy atom. The second kappa shape index (κ2) is 5.46. The predicted molar refractivity (Wildman–Crippen MR) is 55.3 cm³/mol. The van der Waals surface area contributed by atoms with Gasteiger partial charge >= 0.3 is 5.69 Å². The van der Waals surface area contributed by atoms with Crippen molar-refractivity contribution in [2.24, 2.45) is 5.10 Å². The molecule has 0 heterocycles. The predicted octanol–water partition coefficient (Wildman–Crippen LogP) is 1.83. The van der Waals surface area contributed by atoms with Gasteiger partial charge in [0.15, 0.2) is 17.3 Å². The Bertz CT molecular complexity index is 643. The van der Waals surface area contributed by atoms with Gasteiger partial charge in [-0.1, -0.05) is 0 Å². The maximum Gasteiger partial charge on any atom is 0.335 e. The van der Waals surface area contributed by atoms with Crippen molar-refractivity contribution in [3.8, 4) is 12.1 Å². The molecule has 0 aliphatic heterocycles. The first-order chi connectivity index (χ1) is 8.92. The molecule has 0 aromatic heterocycles. The molecule has 1 N–H and O–H groups in total. The molecule has 0 radical (unpaired) electrons. The van der Waals surface area contributed by atoms with E-state index in [9.17, 15) is 23.3 Å². The summed E-state index contributed by atoms with van der Waals surface area (Å²) in [6.07, 6.45) is 0. The summed E-state index contributed by atoms with van der Waals surface area (Å²) in [6, 6.07) is 2.63. The number of nitrogens with zero attached hydrogens (tertiary/aromatic N) is 4. The SMILES string of the molecule is N#CC(C#N)=NNc1c(F)cc(F)c(F)c1[N+](=O)[O-]. The molecule has 1 aromatic rings. The van der Waals surface area contributed by atoms with Crippen LogP contribution in [0.4, 0.5) is 24.5 Å². The molecule has 19 heavy (non-hydrogen) atoms. The largest absolute Gasteiger partial charge is 0.335 e. The Morgan fingerprint density at radius 3 is 2.37 bits per heavy atom. The highest BCUT2D eigenvalue weighted by molar-refractivity contribution is 6.10. The van der Waals surface area contributed by atoms with Crippen molar-refractivity contribution in [1.29, 1.82) is 10.5 Å². The molecule has 96 valence electrons. The minimum absolute atomic E-state index is 0.0681. The standard InChI is InChI=1S/C9H2F3N5O2/c10-5-1-6(11)8(9(7(5)12)17(18)19)16-15-4(2-13)3-14/h1,16H. The van der Waals surface area contributed by atoms with Crippen molar-refractivity contribution >= 4 is 17.1 Å². The summed E-state index contributed by atoms with van der Waals surface area (Å²) in [4.78, 5) is 9.18. The second-order valence-corrected chi connectivity index (χ2v) is 2.93. The number of nitro groups is 1. The zero-order valence-corrected chi connectivity index (χ0v) is 8.82. The maximum atomic E-state index is 13.3. The third kappa shape index (κ3) is 2.76. The molecule has 0 atom stereocenters. The molecule has 0 saturated heterocycles. The minimum Gasteiger partial charge on any atom is -0.267 e. The molecule has 0 bridgehead atoms. The van der Waals surface area contributed by atoms with E-state index in [-0.39, 0.29) is 6.07 Å². The van der Waals surface area contributed by atoms with E-state index in [4.69, 9.17) is 10.5 Å². The molecule has 0 aliphatic carbocycles. The lowest BCUT2D eigenvalue weighted by molar-refractivity contribution is -0.387. The van der Waals surface area contributed by atoms with Gasteiger partial charge in [-0.25, -0.2) is 8.78 Å². The Balaban J connectivity index is 3.41. The second-order valence-electron chi connectivity index (χ2n) is 2.93. The van der Waals surface area contributed by atoms with Crippen LogP contribution in [-0.2, 0) is 0 Å². The van der Waals surface area contributed by atoms with Crippen molar-refractivity contribution in [3.63, 3.8) is 0 Å². The van der Waals surface area contributed by atoms with E-state index >= 15 is 0 Å². The van der Waals surface area contributed by atoms with E-state index in [1.54, 1.807) is 5.43 Å². The normalized spacial score (nSPS) is 9.11. The molecular formula is C9H2F3N5O2. The number of nitrogens with one attached hydrogen (secondary N) is 1. The molecule has 0 unspecified atom stereocenters. The molecule has 0 saturated carbocycles. The summed E-state index contributed by atoms with van der Waals surface area (Å²) in [5.41, 5.74) is -1.73. The zero-order chi connectivity index (χ0) is 14.6. The number of hydrogen-bond acceptors (Lipinski definition) is 6. The molecule has 0 amide bonds. The van der Waals surface area contributed by atoms with E-state index in [0.29, 0.717) is 0 Å². The minimum atomic E-state index is -1.89. The van der Waals surface area contributed by atoms with Crippen LogP contribution in [0, 0.1) is 50.2 Å². The summed E-state index contributed by atoms with van der Waals surface area (Å²) in [6.45, 7) is 0. The smallest absolute Gasteiger partial charge is 0.267 e. The zero-order valence-electron chi connectivity index (χ0n) is 8.82. The monoisotopic (exact) mass is 269 g/mol. The quantitative estimate of drug-likeness (QED) is 0.389. The lowest BCUT2D eigenvalue weighted by Gasteiger charge is -2.04. The molecule has 0 fully saturated rings. The molecule has 0 aliphatic rings. The molecule has 10 heteroatoms. The average molecular weight is 269 g/mol. The van der Waals surface area contributed by atoms with Gasteiger partial charge in [-0.05, 0) is 0 Å². The van der Waals surface area contributed by atoms with Crippen molar-refractivity contribution in [2.45, 2.75) is 0 Å². The van der Waals surface area contributed by atoms with Crippen molar-refractivity contribution in [2.75, 3.05) is 5.43 Å². The maximum absolute atomic E-state index is 13.3. The lowest BCUT2D eigenvalue weighted by atomic mass is 10.2. The summed E-state index contributed by atoms with van der Waals surface area (Å²) in [7, 11) is 0. The number of halogens is 3. The van der Waals surface area contributed by atoms with Crippen LogP contribution in [0.1, 0.15) is 0 Å². The number of nitriles is 2. The van der Waals surface area contributed by atoms with E-state index in [1.165, 1.54) is 12.1 Å². The summed E-state index contributed by atoms with van der Waals surface area (Å²) in [5.74, 6) is -5.14. The fourth-order valence-electron chi connectivity index (χ4n) is 1.05. The number of benzene rings is 1. The first-order valence-electron chi connectivity index (χ1n) is 4.38. The van der Waals surface area contributed by atoms with Gasteiger partial charge < -0.3 is 0 Å². The van der Waals surface area contributed by atoms with Crippen LogP contribution in [-0.4, -0.2) is 10.6 Å². The van der Waals surface area contributed by atoms with Crippen molar-refractivity contribution in [3.05, 3.63) is 33.6 Å². The van der Waals surface area contributed by atoms with Gasteiger partial charge in [0.05, 0.1) is 4.92 Å². The molecule has 0 spiro atoms. The first-order valence-corrected chi connectivity index (χ1v) is 4.38. The summed E-state index contributed by atoms with van der Waals surface area (Å²) in [5, 5.41) is 30.3. The van der Waals surface area contributed by atoms with Gasteiger partial charge in [0.1, 0.15) is 12.1 Å². The topological polar surface area (TPSA) is 115 Å². The van der Waals surface area contributed by atoms with Crippen molar-refractivity contribution < 1.29 is 18.1 Å². The molecule has 1 rings (SSSR count). The highest BCUT2D eigenvalue weighted by atomic mass is 19.2. The first kappa shape index (κ1) is 13.9. The summed E-state index contributed by atoms with van der Waals surface area (Å²) < 4.78 is 39.3. The van der Waals surface area contributed by atoms with Crippen LogP contribution < -0.4 is 5.43 Å². The van der Waals surface area contributed by atoms with Gasteiger partial charge in [0.2, 0.25) is 11.5 Å². The van der Waals surface area contributed by atoms with Crippen LogP contribution in [0.2, 0.25) is 0 Å². The third-order valence-electron chi connectivity index (χ3n) is 1.82. The van der Waals surface area contributed by atoms with E-state index in [0.717, 1.165) is 0 Å². The van der Waals surface area contributed by atoms with Crippen LogP contribution in [0.15, 0.2) is 11.2 Å². The van der Waals surface area contributed by atoms with Gasteiger partial charge in [-0.15, -0.1) is 0 Å². The van der Waals surface area contributed by atoms with Crippen LogP contribution in [0.25, 0.3) is 0 Å². The highest BCUT2D eigenvalue weighted by Gasteiger charge is 2.28. The number of hydrazone groups is 1. The number of rotatable bonds is 3. The Labute approximate surface area is 103 Å². The summed E-state index contributed by atoms with van der Waals surface area (Å²) >= 11 is 0.